The number of non-ortho nitro benzene ring substituents is 1. The van der Waals surface area contributed by atoms with E-state index in [0.29, 0.717) is 22.4 Å². The largest absolute Gasteiger partial charge is 0.269 e. The topological polar surface area (TPSA) is 93.3 Å². The van der Waals surface area contributed by atoms with Crippen LogP contribution in [0.4, 0.5) is 11.5 Å². The fraction of sp³-hybridized carbons (Fsp3) is 0. The van der Waals surface area contributed by atoms with Crippen LogP contribution in [-0.4, -0.2) is 21.1 Å². The van der Waals surface area contributed by atoms with E-state index in [-0.39, 0.29) is 5.69 Å². The van der Waals surface area contributed by atoms with E-state index in [1.165, 1.54) is 18.3 Å². The van der Waals surface area contributed by atoms with E-state index in [2.05, 4.69) is 20.5 Å². The number of benzene rings is 2. The minimum absolute atomic E-state index is 0.0280. The van der Waals surface area contributed by atoms with Crippen LogP contribution in [0.1, 0.15) is 5.56 Å². The maximum absolute atomic E-state index is 10.6. The summed E-state index contributed by atoms with van der Waals surface area (Å²) in [7, 11) is 0. The molecule has 0 amide bonds. The highest BCUT2D eigenvalue weighted by Crippen LogP contribution is 2.20. The fourth-order valence-electron chi connectivity index (χ4n) is 2.05. The van der Waals surface area contributed by atoms with Crippen molar-refractivity contribution in [2.75, 3.05) is 5.43 Å². The maximum atomic E-state index is 10.6. The van der Waals surface area contributed by atoms with Crippen molar-refractivity contribution in [2.24, 2.45) is 5.10 Å². The first kappa shape index (κ1) is 16.5. The third-order valence-corrected chi connectivity index (χ3v) is 3.42. The van der Waals surface area contributed by atoms with Crippen molar-refractivity contribution >= 4 is 29.3 Å². The van der Waals surface area contributed by atoms with Gasteiger partial charge in [-0.15, -0.1) is 0 Å². The number of halogens is 1. The first-order chi connectivity index (χ1) is 12.1. The van der Waals surface area contributed by atoms with Crippen LogP contribution in [0, 0.1) is 10.1 Å². The Bertz CT molecular complexity index is 914. The summed E-state index contributed by atoms with van der Waals surface area (Å²) in [4.78, 5) is 18.7. The number of nitro groups is 1. The van der Waals surface area contributed by atoms with Crippen molar-refractivity contribution in [2.45, 2.75) is 0 Å². The van der Waals surface area contributed by atoms with E-state index in [4.69, 9.17) is 11.6 Å². The molecule has 1 N–H and O–H groups in total. The summed E-state index contributed by atoms with van der Waals surface area (Å²) in [6.07, 6.45) is 1.53. The molecule has 1 heterocycles. The van der Waals surface area contributed by atoms with Crippen LogP contribution in [0.3, 0.4) is 0 Å². The summed E-state index contributed by atoms with van der Waals surface area (Å²) < 4.78 is 0. The summed E-state index contributed by atoms with van der Waals surface area (Å²) in [6, 6.07) is 17.0. The van der Waals surface area contributed by atoms with Crippen molar-refractivity contribution in [1.29, 1.82) is 0 Å². The Kier molecular flexibility index (Phi) is 4.96. The molecule has 0 aliphatic carbocycles. The Hall–Kier alpha value is -3.32. The molecule has 1 aromatic heterocycles. The van der Waals surface area contributed by atoms with Crippen molar-refractivity contribution in [3.8, 4) is 11.4 Å². The normalized spacial score (nSPS) is 10.8. The van der Waals surface area contributed by atoms with E-state index in [9.17, 15) is 10.1 Å². The number of hydrogen-bond acceptors (Lipinski definition) is 6. The highest BCUT2D eigenvalue weighted by Gasteiger charge is 2.05. The number of aromatic nitrogens is 2. The zero-order chi connectivity index (χ0) is 17.6. The molecule has 0 unspecified atom stereocenters. The second kappa shape index (κ2) is 7.50. The van der Waals surface area contributed by atoms with Gasteiger partial charge >= 0.3 is 0 Å². The quantitative estimate of drug-likeness (QED) is 0.322. The lowest BCUT2D eigenvalue weighted by Crippen LogP contribution is -1.97. The van der Waals surface area contributed by atoms with Crippen molar-refractivity contribution in [3.63, 3.8) is 0 Å². The Morgan fingerprint density at radius 1 is 1.08 bits per heavy atom. The van der Waals surface area contributed by atoms with Gasteiger partial charge in [0, 0.05) is 23.8 Å². The first-order valence-electron chi connectivity index (χ1n) is 7.25. The van der Waals surface area contributed by atoms with Gasteiger partial charge in [0.05, 0.1) is 11.1 Å². The molecule has 0 bridgehead atoms. The van der Waals surface area contributed by atoms with Gasteiger partial charge in [0.15, 0.2) is 11.6 Å². The Morgan fingerprint density at radius 2 is 1.80 bits per heavy atom. The summed E-state index contributed by atoms with van der Waals surface area (Å²) in [5, 5.41) is 15.0. The van der Waals surface area contributed by atoms with Crippen LogP contribution in [0.15, 0.2) is 65.8 Å². The third-order valence-electron chi connectivity index (χ3n) is 3.22. The van der Waals surface area contributed by atoms with Crippen LogP contribution in [0.5, 0.6) is 0 Å². The molecular formula is C17H12ClN5O2. The van der Waals surface area contributed by atoms with Gasteiger partial charge in [-0.05, 0) is 17.7 Å². The lowest BCUT2D eigenvalue weighted by atomic mass is 10.2. The zero-order valence-electron chi connectivity index (χ0n) is 12.8. The molecule has 0 saturated heterocycles. The lowest BCUT2D eigenvalue weighted by Gasteiger charge is -2.04. The number of rotatable bonds is 5. The number of hydrogen-bond donors (Lipinski definition) is 1. The molecule has 3 aromatic rings. The highest BCUT2D eigenvalue weighted by molar-refractivity contribution is 6.29. The van der Waals surface area contributed by atoms with Crippen molar-refractivity contribution in [3.05, 3.63) is 81.5 Å². The summed E-state index contributed by atoms with van der Waals surface area (Å²) in [5.41, 5.74) is 4.36. The second-order valence-electron chi connectivity index (χ2n) is 4.98. The fourth-order valence-corrected chi connectivity index (χ4v) is 2.23. The molecule has 0 saturated carbocycles. The van der Waals surface area contributed by atoms with Gasteiger partial charge in [0.25, 0.3) is 5.69 Å². The van der Waals surface area contributed by atoms with E-state index in [1.54, 1.807) is 18.2 Å². The average molecular weight is 354 g/mol. The van der Waals surface area contributed by atoms with Gasteiger partial charge in [0.2, 0.25) is 0 Å². The van der Waals surface area contributed by atoms with E-state index < -0.39 is 4.92 Å². The van der Waals surface area contributed by atoms with Crippen molar-refractivity contribution in [1.82, 2.24) is 9.97 Å². The molecule has 0 spiro atoms. The molecule has 3 rings (SSSR count). The Balaban J connectivity index is 1.74. The number of nitro benzene ring substituents is 1. The number of anilines is 1. The molecule has 0 fully saturated rings. The average Bonchev–Trinajstić information content (AvgIpc) is 2.62. The molecule has 0 aliphatic heterocycles. The minimum atomic E-state index is -0.451. The molecule has 2 aromatic carbocycles. The van der Waals surface area contributed by atoms with Crippen LogP contribution >= 0.6 is 11.6 Å². The SMILES string of the molecule is O=[N+]([O-])c1ccc(C=NNc2cc(Cl)nc(-c3ccccc3)n2)cc1. The van der Waals surface area contributed by atoms with Crippen LogP contribution in [0.25, 0.3) is 11.4 Å². The second-order valence-corrected chi connectivity index (χ2v) is 5.37. The molecule has 7 nitrogen and oxygen atoms in total. The number of nitrogens with one attached hydrogen (secondary N) is 1. The van der Waals surface area contributed by atoms with Gasteiger partial charge in [0.1, 0.15) is 5.15 Å². The molecule has 0 atom stereocenters. The van der Waals surface area contributed by atoms with Gasteiger partial charge < -0.3 is 0 Å². The monoisotopic (exact) mass is 353 g/mol. The molecule has 124 valence electrons. The number of hydrazone groups is 1. The molecular weight excluding hydrogens is 342 g/mol. The van der Waals surface area contributed by atoms with Gasteiger partial charge in [-0.2, -0.15) is 5.10 Å². The summed E-state index contributed by atoms with van der Waals surface area (Å²) in [6.45, 7) is 0. The van der Waals surface area contributed by atoms with E-state index in [1.807, 2.05) is 30.3 Å². The smallest absolute Gasteiger partial charge is 0.261 e. The van der Waals surface area contributed by atoms with Crippen molar-refractivity contribution < 1.29 is 4.92 Å². The van der Waals surface area contributed by atoms with Gasteiger partial charge in [-0.3, -0.25) is 15.5 Å². The van der Waals surface area contributed by atoms with Crippen LogP contribution in [-0.2, 0) is 0 Å². The molecule has 25 heavy (non-hydrogen) atoms. The minimum Gasteiger partial charge on any atom is -0.261 e. The first-order valence-corrected chi connectivity index (χ1v) is 7.63. The molecule has 8 heteroatoms. The standard InChI is InChI=1S/C17H12ClN5O2/c18-15-10-16(21-17(20-15)13-4-2-1-3-5-13)22-19-11-12-6-8-14(9-7-12)23(24)25/h1-11H,(H,20,21,22). The summed E-state index contributed by atoms with van der Waals surface area (Å²) >= 11 is 6.04. The lowest BCUT2D eigenvalue weighted by molar-refractivity contribution is -0.384. The molecule has 0 radical (unpaired) electrons. The van der Waals surface area contributed by atoms with Crippen LogP contribution < -0.4 is 5.43 Å². The van der Waals surface area contributed by atoms with Gasteiger partial charge in [-0.1, -0.05) is 41.9 Å². The van der Waals surface area contributed by atoms with Crippen LogP contribution in [0.2, 0.25) is 5.15 Å². The predicted octanol–water partition coefficient (Wildman–Crippen LogP) is 4.15. The zero-order valence-corrected chi connectivity index (χ0v) is 13.6. The summed E-state index contributed by atoms with van der Waals surface area (Å²) in [5.74, 6) is 0.929. The van der Waals surface area contributed by atoms with E-state index >= 15 is 0 Å². The Labute approximate surface area is 148 Å². The van der Waals surface area contributed by atoms with Gasteiger partial charge in [-0.25, -0.2) is 9.97 Å². The predicted molar refractivity (Wildman–Crippen MR) is 96.8 cm³/mol. The van der Waals surface area contributed by atoms with E-state index in [0.717, 1.165) is 5.56 Å². The third kappa shape index (κ3) is 4.36. The molecule has 0 aliphatic rings. The Morgan fingerprint density at radius 3 is 2.48 bits per heavy atom. The highest BCUT2D eigenvalue weighted by atomic mass is 35.5. The maximum Gasteiger partial charge on any atom is 0.269 e. The number of nitrogens with zero attached hydrogens (tertiary/aromatic N) is 4.